The summed E-state index contributed by atoms with van der Waals surface area (Å²) >= 11 is 12.5. The van der Waals surface area contributed by atoms with Gasteiger partial charge < -0.3 is 15.0 Å². The van der Waals surface area contributed by atoms with Crippen molar-refractivity contribution in [3.63, 3.8) is 0 Å². The molecule has 8 nitrogen and oxygen atoms in total. The molecule has 1 N–H and O–H groups in total. The van der Waals surface area contributed by atoms with E-state index in [-0.39, 0.29) is 35.5 Å². The molecule has 0 unspecified atom stereocenters. The van der Waals surface area contributed by atoms with Gasteiger partial charge in [0.25, 0.3) is 10.0 Å². The fourth-order valence-electron chi connectivity index (χ4n) is 4.33. The number of carbonyl (C=O) groups excluding carboxylic acids is 2. The maximum atomic E-state index is 14.1. The van der Waals surface area contributed by atoms with E-state index in [1.165, 1.54) is 47.4 Å². The summed E-state index contributed by atoms with van der Waals surface area (Å²) in [5.41, 5.74) is 0.599. The lowest BCUT2D eigenvalue weighted by molar-refractivity contribution is -0.140. The average molecular weight is 653 g/mol. The predicted octanol–water partition coefficient (Wildman–Crippen LogP) is 6.45. The van der Waals surface area contributed by atoms with E-state index < -0.39 is 34.3 Å². The molecule has 0 fully saturated rings. The molecular formula is C31H36Cl2FN3O5S. The summed E-state index contributed by atoms with van der Waals surface area (Å²) in [4.78, 5) is 28.7. The Morgan fingerprint density at radius 3 is 2.16 bits per heavy atom. The minimum Gasteiger partial charge on any atom is -0.494 e. The maximum absolute atomic E-state index is 14.1. The van der Waals surface area contributed by atoms with Gasteiger partial charge in [0.15, 0.2) is 0 Å². The number of amides is 2. The molecule has 3 rings (SSSR count). The topological polar surface area (TPSA) is 96.0 Å². The largest absolute Gasteiger partial charge is 0.494 e. The van der Waals surface area contributed by atoms with Crippen LogP contribution in [0.15, 0.2) is 71.6 Å². The Bertz CT molecular complexity index is 1500. The van der Waals surface area contributed by atoms with Crippen molar-refractivity contribution in [2.75, 3.05) is 17.5 Å². The molecule has 12 heteroatoms. The molecule has 232 valence electrons. The molecule has 43 heavy (non-hydrogen) atoms. The Kier molecular flexibility index (Phi) is 12.2. The molecule has 0 radical (unpaired) electrons. The highest BCUT2D eigenvalue weighted by atomic mass is 35.5. The van der Waals surface area contributed by atoms with E-state index in [1.54, 1.807) is 19.1 Å². The quantitative estimate of drug-likeness (QED) is 0.216. The SMILES string of the molecule is CCOc1ccc(S(=O)(=O)N(CC(=O)N(Cc2ccc(Cl)cc2Cl)[C@@H](CC)C(=O)N[C@H](C)CC)c2ccc(F)cc2)cc1. The minimum atomic E-state index is -4.33. The molecule has 0 heterocycles. The first-order valence-corrected chi connectivity index (χ1v) is 16.2. The number of anilines is 1. The van der Waals surface area contributed by atoms with Crippen LogP contribution in [0, 0.1) is 5.82 Å². The van der Waals surface area contributed by atoms with E-state index in [4.69, 9.17) is 27.9 Å². The molecule has 0 saturated carbocycles. The molecule has 0 aromatic heterocycles. The van der Waals surface area contributed by atoms with Gasteiger partial charge in [-0.2, -0.15) is 0 Å². The van der Waals surface area contributed by atoms with Gasteiger partial charge in [0.1, 0.15) is 24.2 Å². The molecule has 0 saturated heterocycles. The van der Waals surface area contributed by atoms with Gasteiger partial charge in [-0.3, -0.25) is 13.9 Å². The zero-order chi connectivity index (χ0) is 31.7. The summed E-state index contributed by atoms with van der Waals surface area (Å²) in [6.07, 6.45) is 0.930. The molecule has 0 aliphatic rings. The normalized spacial score (nSPS) is 12.7. The van der Waals surface area contributed by atoms with Crippen LogP contribution in [0.1, 0.15) is 46.1 Å². The number of benzene rings is 3. The van der Waals surface area contributed by atoms with Crippen LogP contribution in [0.2, 0.25) is 10.0 Å². The maximum Gasteiger partial charge on any atom is 0.264 e. The highest BCUT2D eigenvalue weighted by molar-refractivity contribution is 7.92. The van der Waals surface area contributed by atoms with Crippen LogP contribution in [0.25, 0.3) is 0 Å². The molecule has 3 aromatic carbocycles. The summed E-state index contributed by atoms with van der Waals surface area (Å²) in [6.45, 7) is 7.00. The standard InChI is InChI=1S/C31H36Cl2FN3O5S/c1-5-21(4)35-31(39)29(6-2)36(19-22-8-9-23(32)18-28(22)33)30(38)20-37(25-12-10-24(34)11-13-25)43(40,41)27-16-14-26(15-17-27)42-7-3/h8-18,21,29H,5-7,19-20H2,1-4H3,(H,35,39)/t21-,29+/m1/s1. The van der Waals surface area contributed by atoms with Crippen molar-refractivity contribution in [3.05, 3.63) is 88.2 Å². The van der Waals surface area contributed by atoms with Crippen LogP contribution in [0.4, 0.5) is 10.1 Å². The van der Waals surface area contributed by atoms with Gasteiger partial charge in [-0.15, -0.1) is 0 Å². The smallest absolute Gasteiger partial charge is 0.264 e. The number of halogens is 3. The van der Waals surface area contributed by atoms with Crippen LogP contribution < -0.4 is 14.4 Å². The van der Waals surface area contributed by atoms with Gasteiger partial charge >= 0.3 is 0 Å². The van der Waals surface area contributed by atoms with E-state index in [0.717, 1.165) is 16.4 Å². The zero-order valence-electron chi connectivity index (χ0n) is 24.5. The highest BCUT2D eigenvalue weighted by Crippen LogP contribution is 2.28. The van der Waals surface area contributed by atoms with E-state index in [1.807, 2.05) is 20.8 Å². The van der Waals surface area contributed by atoms with Crippen molar-refractivity contribution in [1.29, 1.82) is 0 Å². The number of hydrogen-bond acceptors (Lipinski definition) is 5. The van der Waals surface area contributed by atoms with Crippen molar-refractivity contribution < 1.29 is 27.1 Å². The van der Waals surface area contributed by atoms with Gasteiger partial charge in [0.2, 0.25) is 11.8 Å². The Balaban J connectivity index is 2.07. The second-order valence-electron chi connectivity index (χ2n) is 9.89. The van der Waals surface area contributed by atoms with Crippen LogP contribution in [0.5, 0.6) is 5.75 Å². The van der Waals surface area contributed by atoms with Gasteiger partial charge in [-0.25, -0.2) is 12.8 Å². The lowest BCUT2D eigenvalue weighted by atomic mass is 10.1. The summed E-state index contributed by atoms with van der Waals surface area (Å²) in [5, 5.41) is 3.61. The number of sulfonamides is 1. The predicted molar refractivity (Wildman–Crippen MR) is 168 cm³/mol. The number of ether oxygens (including phenoxy) is 1. The summed E-state index contributed by atoms with van der Waals surface area (Å²) < 4.78 is 48.1. The van der Waals surface area contributed by atoms with Crippen molar-refractivity contribution >= 4 is 50.7 Å². The van der Waals surface area contributed by atoms with Gasteiger partial charge in [-0.1, -0.05) is 43.1 Å². The van der Waals surface area contributed by atoms with Crippen LogP contribution >= 0.6 is 23.2 Å². The van der Waals surface area contributed by atoms with Gasteiger partial charge in [-0.05, 0) is 92.9 Å². The van der Waals surface area contributed by atoms with Crippen molar-refractivity contribution in [2.24, 2.45) is 0 Å². The molecule has 0 aliphatic heterocycles. The monoisotopic (exact) mass is 651 g/mol. The first-order chi connectivity index (χ1) is 20.4. The van der Waals surface area contributed by atoms with Gasteiger partial charge in [0.05, 0.1) is 17.2 Å². The molecule has 3 aromatic rings. The Labute approximate surface area is 262 Å². The summed E-state index contributed by atoms with van der Waals surface area (Å²) in [5.74, 6) is -1.12. The lowest BCUT2D eigenvalue weighted by Crippen LogP contribution is -2.53. The van der Waals surface area contributed by atoms with Crippen LogP contribution in [0.3, 0.4) is 0 Å². The summed E-state index contributed by atoms with van der Waals surface area (Å²) in [6, 6.07) is 14.3. The number of carbonyl (C=O) groups is 2. The third-order valence-electron chi connectivity index (χ3n) is 6.86. The molecule has 2 atom stereocenters. The van der Waals surface area contributed by atoms with E-state index in [2.05, 4.69) is 5.32 Å². The molecule has 0 bridgehead atoms. The number of nitrogens with one attached hydrogen (secondary N) is 1. The van der Waals surface area contributed by atoms with Gasteiger partial charge in [0, 0.05) is 22.6 Å². The molecule has 0 aliphatic carbocycles. The molecule has 0 spiro atoms. The Hall–Kier alpha value is -3.34. The first kappa shape index (κ1) is 34.2. The van der Waals surface area contributed by atoms with E-state index >= 15 is 0 Å². The molecule has 2 amide bonds. The molecular weight excluding hydrogens is 616 g/mol. The second-order valence-corrected chi connectivity index (χ2v) is 12.6. The van der Waals surface area contributed by atoms with Crippen LogP contribution in [-0.2, 0) is 26.2 Å². The first-order valence-electron chi connectivity index (χ1n) is 14.0. The third kappa shape index (κ3) is 8.84. The van der Waals surface area contributed by atoms with Crippen LogP contribution in [-0.4, -0.2) is 50.4 Å². The van der Waals surface area contributed by atoms with Crippen molar-refractivity contribution in [3.8, 4) is 5.75 Å². The Morgan fingerprint density at radius 1 is 0.953 bits per heavy atom. The zero-order valence-corrected chi connectivity index (χ0v) is 26.8. The Morgan fingerprint density at radius 2 is 1.60 bits per heavy atom. The van der Waals surface area contributed by atoms with Crippen molar-refractivity contribution in [1.82, 2.24) is 10.2 Å². The second kappa shape index (κ2) is 15.4. The van der Waals surface area contributed by atoms with Crippen molar-refractivity contribution in [2.45, 2.75) is 64.1 Å². The number of nitrogens with zero attached hydrogens (tertiary/aromatic N) is 2. The minimum absolute atomic E-state index is 0.0743. The average Bonchev–Trinajstić information content (AvgIpc) is 2.97. The number of hydrogen-bond donors (Lipinski definition) is 1. The lowest BCUT2D eigenvalue weighted by Gasteiger charge is -2.34. The summed E-state index contributed by atoms with van der Waals surface area (Å²) in [7, 11) is -4.33. The van der Waals surface area contributed by atoms with E-state index in [0.29, 0.717) is 34.4 Å². The fourth-order valence-corrected chi connectivity index (χ4v) is 6.21. The van der Waals surface area contributed by atoms with E-state index in [9.17, 15) is 22.4 Å². The number of rotatable bonds is 14. The third-order valence-corrected chi connectivity index (χ3v) is 9.23. The highest BCUT2D eigenvalue weighted by Gasteiger charge is 2.34. The fraction of sp³-hybridized carbons (Fsp3) is 0.355.